The van der Waals surface area contributed by atoms with Crippen LogP contribution in [-0.4, -0.2) is 131 Å². The first-order chi connectivity index (χ1) is 27.4. The first kappa shape index (κ1) is 50.5. The van der Waals surface area contributed by atoms with Gasteiger partial charge in [-0.05, 0) is 72.7 Å². The summed E-state index contributed by atoms with van der Waals surface area (Å²) in [7, 11) is 6.32. The van der Waals surface area contributed by atoms with Crippen molar-refractivity contribution in [1.29, 1.82) is 0 Å². The number of carbonyl (C=O) groups is 6. The second kappa shape index (κ2) is 22.1. The molecule has 1 aromatic heterocycles. The number of hydrogen-bond acceptors (Lipinski definition) is 8. The molecule has 0 radical (unpaired) electrons. The van der Waals surface area contributed by atoms with Gasteiger partial charge in [-0.2, -0.15) is 0 Å². The van der Waals surface area contributed by atoms with Gasteiger partial charge in [0.25, 0.3) is 0 Å². The summed E-state index contributed by atoms with van der Waals surface area (Å²) in [4.78, 5) is 91.0. The van der Waals surface area contributed by atoms with Crippen molar-refractivity contribution >= 4 is 46.3 Å². The maximum Gasteiger partial charge on any atom is 0.246 e. The minimum atomic E-state index is -1.05. The molecule has 6 N–H and O–H groups in total. The van der Waals surface area contributed by atoms with Crippen LogP contribution < -0.4 is 21.3 Å². The number of aromatic amines is 1. The monoisotopic (exact) mass is 827 g/mol. The molecule has 6 atom stereocenters. The van der Waals surface area contributed by atoms with Crippen LogP contribution in [0.2, 0.25) is 0 Å². The van der Waals surface area contributed by atoms with E-state index in [-0.39, 0.29) is 47.2 Å². The first-order valence-electron chi connectivity index (χ1n) is 21.0. The van der Waals surface area contributed by atoms with Gasteiger partial charge in [-0.3, -0.25) is 28.8 Å². The van der Waals surface area contributed by atoms with Gasteiger partial charge >= 0.3 is 0 Å². The third-order valence-corrected chi connectivity index (χ3v) is 11.1. The number of amides is 6. The fraction of sp³-hybridized carbons (Fsp3) is 0.682. The van der Waals surface area contributed by atoms with Crippen LogP contribution in [0.4, 0.5) is 0 Å². The molecule has 2 aromatic rings. The summed E-state index contributed by atoms with van der Waals surface area (Å²) in [6, 6.07) is -0.173. The number of rotatable bonds is 21. The molecule has 1 aromatic carbocycles. The summed E-state index contributed by atoms with van der Waals surface area (Å²) >= 11 is 0. The number of aromatic nitrogens is 1. The van der Waals surface area contributed by atoms with Crippen LogP contribution in [-0.2, 0) is 35.2 Å². The molecule has 6 amide bonds. The van der Waals surface area contributed by atoms with E-state index in [2.05, 4.69) is 26.3 Å². The molecular weight excluding hydrogens is 753 g/mol. The van der Waals surface area contributed by atoms with Crippen molar-refractivity contribution in [2.45, 2.75) is 126 Å². The van der Waals surface area contributed by atoms with E-state index in [4.69, 9.17) is 0 Å². The van der Waals surface area contributed by atoms with E-state index in [1.807, 2.05) is 75.4 Å². The molecule has 0 aliphatic carbocycles. The van der Waals surface area contributed by atoms with Crippen LogP contribution in [0.5, 0.6) is 5.75 Å². The molecule has 0 aliphatic rings. The molecule has 59 heavy (non-hydrogen) atoms. The van der Waals surface area contributed by atoms with Crippen LogP contribution >= 0.6 is 0 Å². The zero-order chi connectivity index (χ0) is 45.2. The van der Waals surface area contributed by atoms with E-state index in [1.54, 1.807) is 46.1 Å². The van der Waals surface area contributed by atoms with E-state index >= 15 is 0 Å². The molecular formula is C44H74N8O7. The van der Waals surface area contributed by atoms with Gasteiger partial charge in [0.1, 0.15) is 36.0 Å². The Hall–Kier alpha value is -4.66. The second-order valence-electron chi connectivity index (χ2n) is 18.0. The number of nitrogens with one attached hydrogen (secondary N) is 5. The Bertz CT molecular complexity index is 1750. The van der Waals surface area contributed by atoms with Crippen molar-refractivity contribution in [2.75, 3.05) is 34.7 Å². The Balaban J connectivity index is 2.28. The molecule has 15 nitrogen and oxygen atoms in total. The van der Waals surface area contributed by atoms with Gasteiger partial charge in [0.15, 0.2) is 0 Å². The lowest BCUT2D eigenvalue weighted by Gasteiger charge is -2.39. The minimum Gasteiger partial charge on any atom is -0.508 e. The molecule has 1 heterocycles. The van der Waals surface area contributed by atoms with Gasteiger partial charge in [0, 0.05) is 44.8 Å². The molecule has 332 valence electrons. The molecule has 2 rings (SSSR count). The highest BCUT2D eigenvalue weighted by atomic mass is 16.3. The molecule has 0 bridgehead atoms. The summed E-state index contributed by atoms with van der Waals surface area (Å²) in [6.45, 7) is 22.3. The average Bonchev–Trinajstić information content (AvgIpc) is 3.53. The van der Waals surface area contributed by atoms with Crippen LogP contribution in [0.1, 0.15) is 88.6 Å². The lowest BCUT2D eigenvalue weighted by molar-refractivity contribution is -0.152. The Kier molecular flexibility index (Phi) is 18.9. The lowest BCUT2D eigenvalue weighted by atomic mass is 9.94. The highest BCUT2D eigenvalue weighted by Crippen LogP contribution is 2.24. The number of fused-ring (bicyclic) bond motifs is 1. The predicted molar refractivity (Wildman–Crippen MR) is 232 cm³/mol. The zero-order valence-corrected chi connectivity index (χ0v) is 38.4. The Morgan fingerprint density at radius 2 is 1.03 bits per heavy atom. The van der Waals surface area contributed by atoms with Gasteiger partial charge in [0.05, 0.1) is 6.04 Å². The summed E-state index contributed by atoms with van der Waals surface area (Å²) in [5.74, 6) is -4.04. The SMILES string of the molecule is CN[C@H](C(=O)N[C@H](C(=O)N(C)[C@H](C(=O)N[C@H](C(=O)N(C)[C@H](C(=O)N(C)[C@H](C(=O)NCCc1c[nH]c2ccc(O)cc12)C(C)C)C(C)C)C(C)C)C(C)C)C(C)C)C(C)C. The number of benzene rings is 1. The molecule has 0 fully saturated rings. The summed E-state index contributed by atoms with van der Waals surface area (Å²) < 4.78 is 0. The third-order valence-electron chi connectivity index (χ3n) is 11.1. The third kappa shape index (κ3) is 12.7. The first-order valence-corrected chi connectivity index (χ1v) is 21.0. The van der Waals surface area contributed by atoms with Crippen molar-refractivity contribution in [1.82, 2.24) is 41.0 Å². The second-order valence-corrected chi connectivity index (χ2v) is 18.0. The highest BCUT2D eigenvalue weighted by Gasteiger charge is 2.42. The lowest BCUT2D eigenvalue weighted by Crippen LogP contribution is -2.63. The Labute approximate surface area is 352 Å². The fourth-order valence-electron chi connectivity index (χ4n) is 7.88. The van der Waals surface area contributed by atoms with Gasteiger partial charge in [-0.1, -0.05) is 83.1 Å². The average molecular weight is 827 g/mol. The number of phenolic OH excluding ortho intramolecular Hbond substituents is 1. The number of H-pyrrole nitrogens is 1. The fourth-order valence-corrected chi connectivity index (χ4v) is 7.88. The number of carbonyl (C=O) groups excluding carboxylic acids is 6. The largest absolute Gasteiger partial charge is 0.508 e. The maximum atomic E-state index is 14.4. The Morgan fingerprint density at radius 1 is 0.593 bits per heavy atom. The van der Waals surface area contributed by atoms with E-state index < -0.39 is 65.8 Å². The van der Waals surface area contributed by atoms with Crippen molar-refractivity contribution in [2.24, 2.45) is 35.5 Å². The minimum absolute atomic E-state index is 0.0224. The van der Waals surface area contributed by atoms with Gasteiger partial charge in [-0.15, -0.1) is 0 Å². The molecule has 0 unspecified atom stereocenters. The molecule has 0 aliphatic heterocycles. The van der Waals surface area contributed by atoms with Gasteiger partial charge < -0.3 is 46.1 Å². The maximum absolute atomic E-state index is 14.4. The number of nitrogens with zero attached hydrogens (tertiary/aromatic N) is 3. The number of phenols is 1. The molecule has 15 heteroatoms. The van der Waals surface area contributed by atoms with E-state index in [9.17, 15) is 33.9 Å². The van der Waals surface area contributed by atoms with Crippen molar-refractivity contribution in [3.8, 4) is 5.75 Å². The van der Waals surface area contributed by atoms with Crippen molar-refractivity contribution < 1.29 is 33.9 Å². The zero-order valence-electron chi connectivity index (χ0n) is 38.4. The van der Waals surface area contributed by atoms with Gasteiger partial charge in [0.2, 0.25) is 35.4 Å². The van der Waals surface area contributed by atoms with E-state index in [0.717, 1.165) is 16.5 Å². The highest BCUT2D eigenvalue weighted by molar-refractivity contribution is 5.97. The molecule has 0 saturated carbocycles. The normalized spacial score (nSPS) is 14.9. The summed E-state index contributed by atoms with van der Waals surface area (Å²) in [5, 5.41) is 22.6. The summed E-state index contributed by atoms with van der Waals surface area (Å²) in [6.07, 6.45) is 2.34. The van der Waals surface area contributed by atoms with Crippen LogP contribution in [0, 0.1) is 35.5 Å². The van der Waals surface area contributed by atoms with Crippen molar-refractivity contribution in [3.05, 3.63) is 30.0 Å². The Morgan fingerprint density at radius 3 is 1.49 bits per heavy atom. The number of hydrogen-bond donors (Lipinski definition) is 6. The van der Waals surface area contributed by atoms with Crippen molar-refractivity contribution in [3.63, 3.8) is 0 Å². The standard InChI is InChI=1S/C44H74N8O7/c1-23(2)33(45-13)39(54)48-34(24(3)4)42(57)50(14)37(27(9)10)41(56)49-35(25(5)6)43(58)52(16)38(28(11)12)44(59)51(15)36(26(7)8)40(55)46-20-19-29-22-47-32-18-17-30(53)21-31(29)32/h17-18,21-28,33-38,45,47,53H,19-20H2,1-16H3,(H,46,55)(H,48,54)(H,49,56)/t33-,34-,35-,36-,37-,38-/m0/s1. The number of likely N-dealkylation sites (N-methyl/N-ethyl adjacent to an activating group) is 4. The molecule has 0 saturated heterocycles. The quantitative estimate of drug-likeness (QED) is 0.110. The van der Waals surface area contributed by atoms with E-state index in [1.165, 1.54) is 28.8 Å². The van der Waals surface area contributed by atoms with Crippen LogP contribution in [0.25, 0.3) is 10.9 Å². The summed E-state index contributed by atoms with van der Waals surface area (Å²) in [5.41, 5.74) is 1.80. The van der Waals surface area contributed by atoms with Crippen LogP contribution in [0.3, 0.4) is 0 Å². The molecule has 0 spiro atoms. The smallest absolute Gasteiger partial charge is 0.246 e. The van der Waals surface area contributed by atoms with E-state index in [0.29, 0.717) is 13.0 Å². The number of aromatic hydroxyl groups is 1. The topological polar surface area (TPSA) is 196 Å². The van der Waals surface area contributed by atoms with Crippen LogP contribution in [0.15, 0.2) is 24.4 Å². The predicted octanol–water partition coefficient (Wildman–Crippen LogP) is 3.51. The van der Waals surface area contributed by atoms with Gasteiger partial charge in [-0.25, -0.2) is 0 Å².